The van der Waals surface area contributed by atoms with Crippen molar-refractivity contribution in [1.29, 1.82) is 0 Å². The van der Waals surface area contributed by atoms with Crippen LogP contribution in [0.5, 0.6) is 0 Å². The number of nitrogens with zero attached hydrogens (tertiary/aromatic N) is 7. The molecule has 5 aromatic rings. The van der Waals surface area contributed by atoms with E-state index >= 15 is 0 Å². The standard InChI is InChI=1S/C24H30N8S/c1-16-19(30-21(27-16)25-15-26-30)31(23(2,3)4)32(24(5,6)7)20-18(17-11-9-8-10-12-17)28-22-29(20)13-14-33-22/h8-15H,1-7H3,(H,25,26,27). The second-order valence-electron chi connectivity index (χ2n) is 10.2. The molecule has 0 fully saturated rings. The number of hydrazine groups is 1. The minimum absolute atomic E-state index is 0.284. The summed E-state index contributed by atoms with van der Waals surface area (Å²) in [6.45, 7) is 15.4. The van der Waals surface area contributed by atoms with Crippen LogP contribution in [0.3, 0.4) is 0 Å². The van der Waals surface area contributed by atoms with Gasteiger partial charge in [-0.2, -0.15) is 0 Å². The lowest BCUT2D eigenvalue weighted by Gasteiger charge is -2.51. The molecule has 1 aromatic carbocycles. The number of aromatic amines is 1. The van der Waals surface area contributed by atoms with Crippen molar-refractivity contribution in [2.45, 2.75) is 59.5 Å². The average Bonchev–Trinajstić information content (AvgIpc) is 3.47. The number of anilines is 2. The van der Waals surface area contributed by atoms with Gasteiger partial charge in [0.15, 0.2) is 16.6 Å². The van der Waals surface area contributed by atoms with Crippen molar-refractivity contribution in [2.24, 2.45) is 0 Å². The zero-order valence-electron chi connectivity index (χ0n) is 20.2. The first kappa shape index (κ1) is 21.5. The molecular weight excluding hydrogens is 432 g/mol. The molecule has 4 heterocycles. The lowest BCUT2D eigenvalue weighted by molar-refractivity contribution is 0.392. The molecule has 9 heteroatoms. The maximum absolute atomic E-state index is 5.07. The molecule has 0 atom stereocenters. The van der Waals surface area contributed by atoms with Crippen LogP contribution in [0.1, 0.15) is 47.2 Å². The molecule has 0 aliphatic rings. The molecule has 0 amide bonds. The van der Waals surface area contributed by atoms with Crippen molar-refractivity contribution in [3.05, 3.63) is 53.9 Å². The van der Waals surface area contributed by atoms with E-state index < -0.39 is 0 Å². The molecule has 5 rings (SSSR count). The highest BCUT2D eigenvalue weighted by atomic mass is 32.1. The Bertz CT molecular complexity index is 1410. The van der Waals surface area contributed by atoms with Gasteiger partial charge in [0.1, 0.15) is 12.0 Å². The Morgan fingerprint density at radius 1 is 0.909 bits per heavy atom. The van der Waals surface area contributed by atoms with Crippen molar-refractivity contribution in [1.82, 2.24) is 29.0 Å². The molecule has 0 saturated heterocycles. The van der Waals surface area contributed by atoms with Gasteiger partial charge in [0.2, 0.25) is 0 Å². The van der Waals surface area contributed by atoms with Crippen molar-refractivity contribution in [2.75, 3.05) is 10.0 Å². The number of H-pyrrole nitrogens is 1. The average molecular weight is 463 g/mol. The van der Waals surface area contributed by atoms with E-state index in [2.05, 4.69) is 102 Å². The van der Waals surface area contributed by atoms with Gasteiger partial charge in [-0.1, -0.05) is 30.3 Å². The van der Waals surface area contributed by atoms with E-state index in [9.17, 15) is 0 Å². The van der Waals surface area contributed by atoms with Crippen molar-refractivity contribution < 1.29 is 0 Å². The summed E-state index contributed by atoms with van der Waals surface area (Å²) in [6, 6.07) is 10.4. The number of benzene rings is 1. The smallest absolute Gasteiger partial charge is 0.252 e. The van der Waals surface area contributed by atoms with Crippen LogP contribution in [-0.2, 0) is 0 Å². The lowest BCUT2D eigenvalue weighted by Crippen LogP contribution is -2.61. The van der Waals surface area contributed by atoms with E-state index in [0.29, 0.717) is 5.78 Å². The maximum Gasteiger partial charge on any atom is 0.252 e. The van der Waals surface area contributed by atoms with Crippen molar-refractivity contribution >= 4 is 33.7 Å². The normalized spacial score (nSPS) is 12.7. The summed E-state index contributed by atoms with van der Waals surface area (Å²) >= 11 is 1.64. The first-order valence-electron chi connectivity index (χ1n) is 11.1. The van der Waals surface area contributed by atoms with Crippen LogP contribution in [0.25, 0.3) is 22.0 Å². The maximum atomic E-state index is 5.07. The minimum atomic E-state index is -0.286. The van der Waals surface area contributed by atoms with Gasteiger partial charge >= 0.3 is 0 Å². The van der Waals surface area contributed by atoms with Gasteiger partial charge in [-0.3, -0.25) is 19.5 Å². The van der Waals surface area contributed by atoms with Gasteiger partial charge in [-0.15, -0.1) is 11.3 Å². The number of aromatic nitrogens is 6. The Morgan fingerprint density at radius 3 is 2.24 bits per heavy atom. The number of hydrogen-bond donors (Lipinski definition) is 1. The first-order chi connectivity index (χ1) is 15.6. The van der Waals surface area contributed by atoms with Crippen molar-refractivity contribution in [3.63, 3.8) is 0 Å². The number of thiazole rings is 1. The number of nitrogens with one attached hydrogen (secondary N) is 1. The molecule has 0 saturated carbocycles. The highest BCUT2D eigenvalue weighted by Crippen LogP contribution is 2.42. The number of rotatable bonds is 4. The number of aryl methyl sites for hydroxylation is 1. The third-order valence-electron chi connectivity index (χ3n) is 5.53. The van der Waals surface area contributed by atoms with Crippen LogP contribution in [0.15, 0.2) is 48.2 Å². The van der Waals surface area contributed by atoms with Crippen LogP contribution in [0.4, 0.5) is 11.6 Å². The molecule has 33 heavy (non-hydrogen) atoms. The van der Waals surface area contributed by atoms with Gasteiger partial charge in [-0.05, 0) is 48.5 Å². The van der Waals surface area contributed by atoms with E-state index in [-0.39, 0.29) is 11.1 Å². The zero-order valence-corrected chi connectivity index (χ0v) is 21.0. The van der Waals surface area contributed by atoms with Gasteiger partial charge < -0.3 is 0 Å². The summed E-state index contributed by atoms with van der Waals surface area (Å²) in [5.41, 5.74) is 2.38. The lowest BCUT2D eigenvalue weighted by atomic mass is 10.0. The number of fused-ring (bicyclic) bond motifs is 2. The predicted molar refractivity (Wildman–Crippen MR) is 135 cm³/mol. The fourth-order valence-electron chi connectivity index (χ4n) is 4.30. The highest BCUT2D eigenvalue weighted by Gasteiger charge is 2.41. The monoisotopic (exact) mass is 462 g/mol. The molecular formula is C24H30N8S. The molecule has 0 aliphatic heterocycles. The fourth-order valence-corrected chi connectivity index (χ4v) is 5.00. The first-order valence-corrected chi connectivity index (χ1v) is 11.9. The third-order valence-corrected chi connectivity index (χ3v) is 6.28. The van der Waals surface area contributed by atoms with E-state index in [1.807, 2.05) is 17.5 Å². The molecule has 1 N–H and O–H groups in total. The summed E-state index contributed by atoms with van der Waals surface area (Å²) < 4.78 is 4.14. The number of hydrogen-bond acceptors (Lipinski definition) is 6. The Labute approximate surface area is 197 Å². The third kappa shape index (κ3) is 3.47. The Kier molecular flexibility index (Phi) is 4.79. The predicted octanol–water partition coefficient (Wildman–Crippen LogP) is 5.57. The fraction of sp³-hybridized carbons (Fsp3) is 0.375. The van der Waals surface area contributed by atoms with E-state index in [0.717, 1.165) is 33.5 Å². The summed E-state index contributed by atoms with van der Waals surface area (Å²) in [5, 5.41) is 10.0. The van der Waals surface area contributed by atoms with Gasteiger partial charge in [0.25, 0.3) is 5.78 Å². The van der Waals surface area contributed by atoms with Crippen molar-refractivity contribution in [3.8, 4) is 11.3 Å². The van der Waals surface area contributed by atoms with Gasteiger partial charge in [-0.25, -0.2) is 19.5 Å². The van der Waals surface area contributed by atoms with E-state index in [1.165, 1.54) is 0 Å². The zero-order chi connectivity index (χ0) is 23.5. The van der Waals surface area contributed by atoms with Crippen LogP contribution < -0.4 is 10.0 Å². The molecule has 0 bridgehead atoms. The van der Waals surface area contributed by atoms with Crippen LogP contribution in [0, 0.1) is 6.92 Å². The van der Waals surface area contributed by atoms with E-state index in [4.69, 9.17) is 9.97 Å². The molecule has 8 nitrogen and oxygen atoms in total. The topological polar surface area (TPSA) is 69.8 Å². The molecule has 0 unspecified atom stereocenters. The second kappa shape index (κ2) is 7.34. The van der Waals surface area contributed by atoms with E-state index in [1.54, 1.807) is 17.7 Å². The number of imidazole rings is 2. The molecule has 0 radical (unpaired) electrons. The Morgan fingerprint density at radius 2 is 1.58 bits per heavy atom. The SMILES string of the molecule is Cc1nc2nc[nH]n2c1N(N(c1c(-c2ccccc2)nc2sccn12)C(C)(C)C)C(C)(C)C. The summed E-state index contributed by atoms with van der Waals surface area (Å²) in [6.07, 6.45) is 3.78. The molecule has 0 spiro atoms. The van der Waals surface area contributed by atoms with Crippen LogP contribution in [0.2, 0.25) is 0 Å². The Hall–Kier alpha value is -3.33. The van der Waals surface area contributed by atoms with Crippen LogP contribution in [-0.4, -0.2) is 40.0 Å². The summed E-state index contributed by atoms with van der Waals surface area (Å²) in [4.78, 5) is 15.1. The van der Waals surface area contributed by atoms with Gasteiger partial charge in [0, 0.05) is 17.1 Å². The summed E-state index contributed by atoms with van der Waals surface area (Å²) in [5.74, 6) is 2.63. The van der Waals surface area contributed by atoms with Gasteiger partial charge in [0.05, 0.1) is 16.8 Å². The molecule has 172 valence electrons. The quantitative estimate of drug-likeness (QED) is 0.354. The molecule has 4 aromatic heterocycles. The van der Waals surface area contributed by atoms with Crippen LogP contribution >= 0.6 is 11.3 Å². The second-order valence-corrected chi connectivity index (χ2v) is 11.1. The minimum Gasteiger partial charge on any atom is -0.279 e. The largest absolute Gasteiger partial charge is 0.279 e. The molecule has 0 aliphatic carbocycles. The highest BCUT2D eigenvalue weighted by molar-refractivity contribution is 7.15. The Balaban J connectivity index is 1.85. The summed E-state index contributed by atoms with van der Waals surface area (Å²) in [7, 11) is 0.